The lowest BCUT2D eigenvalue weighted by molar-refractivity contribution is 0.145. The molecule has 0 radical (unpaired) electrons. The van der Waals surface area contributed by atoms with Crippen molar-refractivity contribution in [2.24, 2.45) is 5.92 Å². The van der Waals surface area contributed by atoms with Gasteiger partial charge in [-0.1, -0.05) is 19.2 Å². The zero-order chi connectivity index (χ0) is 9.84. The van der Waals surface area contributed by atoms with Crippen LogP contribution in [0.5, 0.6) is 0 Å². The highest BCUT2D eigenvalue weighted by atomic mass is 79.9. The molecule has 0 aliphatic carbocycles. The Balaban J connectivity index is 3.01. The lowest BCUT2D eigenvalue weighted by atomic mass is 9.93. The quantitative estimate of drug-likeness (QED) is 0.827. The molecule has 0 spiro atoms. The normalized spacial score (nSPS) is 22.5. The second-order valence-electron chi connectivity index (χ2n) is 2.91. The Labute approximate surface area is 86.7 Å². The van der Waals surface area contributed by atoms with Crippen molar-refractivity contribution in [3.05, 3.63) is 35.0 Å². The van der Waals surface area contributed by atoms with Crippen LogP contribution in [0.15, 0.2) is 35.0 Å². The predicted octanol–water partition coefficient (Wildman–Crippen LogP) is 2.36. The van der Waals surface area contributed by atoms with Gasteiger partial charge >= 0.3 is 0 Å². The third-order valence-electron chi connectivity index (χ3n) is 2.10. The van der Waals surface area contributed by atoms with Gasteiger partial charge in [-0.3, -0.25) is 0 Å². The minimum absolute atomic E-state index is 0.133. The zero-order valence-electron chi connectivity index (χ0n) is 7.42. The van der Waals surface area contributed by atoms with Crippen LogP contribution in [0.25, 0.3) is 0 Å². The lowest BCUT2D eigenvalue weighted by Crippen LogP contribution is -2.19. The number of ether oxygens (including phenoxy) is 1. The molecule has 0 bridgehead atoms. The highest BCUT2D eigenvalue weighted by molar-refractivity contribution is 9.11. The molecule has 0 saturated heterocycles. The molecule has 0 saturated carbocycles. The third-order valence-corrected chi connectivity index (χ3v) is 2.46. The smallest absolute Gasteiger partial charge is 0.136 e. The van der Waals surface area contributed by atoms with Gasteiger partial charge in [-0.05, 0) is 22.4 Å². The molecule has 13 heavy (non-hydrogen) atoms. The van der Waals surface area contributed by atoms with E-state index in [1.807, 2.05) is 0 Å². The fraction of sp³-hybridized carbons (Fsp3) is 0.400. The van der Waals surface area contributed by atoms with Crippen LogP contribution in [-0.2, 0) is 4.74 Å². The van der Waals surface area contributed by atoms with Crippen LogP contribution >= 0.6 is 15.9 Å². The van der Waals surface area contributed by atoms with Crippen LogP contribution in [0.4, 0.5) is 0 Å². The summed E-state index contributed by atoms with van der Waals surface area (Å²) in [6.07, 6.45) is 2.56. The van der Waals surface area contributed by atoms with E-state index in [-0.39, 0.29) is 12.5 Å². The summed E-state index contributed by atoms with van der Waals surface area (Å²) in [5.74, 6) is 0.857. The SMILES string of the molecule is C=CC1=C(C(=C)Br)OCCC1CO. The standard InChI is InChI=1S/C10H13BrO2/c1-3-9-8(6-12)4-5-13-10(9)7(2)11/h3,8,12H,1-2,4-6H2. The Bertz CT molecular complexity index is 256. The van der Waals surface area contributed by atoms with Gasteiger partial charge in [-0.15, -0.1) is 0 Å². The fourth-order valence-corrected chi connectivity index (χ4v) is 1.75. The Kier molecular flexibility index (Phi) is 3.75. The van der Waals surface area contributed by atoms with E-state index in [4.69, 9.17) is 9.84 Å². The van der Waals surface area contributed by atoms with E-state index in [1.54, 1.807) is 6.08 Å². The first-order valence-corrected chi connectivity index (χ1v) is 4.95. The van der Waals surface area contributed by atoms with E-state index in [0.717, 1.165) is 17.8 Å². The Hall–Kier alpha value is -0.540. The summed E-state index contributed by atoms with van der Waals surface area (Å²) in [5.41, 5.74) is 0.940. The fourth-order valence-electron chi connectivity index (χ4n) is 1.41. The Morgan fingerprint density at radius 2 is 2.46 bits per heavy atom. The van der Waals surface area contributed by atoms with Gasteiger partial charge in [0.2, 0.25) is 0 Å². The molecule has 1 aliphatic rings. The van der Waals surface area contributed by atoms with Gasteiger partial charge < -0.3 is 9.84 Å². The number of aliphatic hydroxyl groups is 1. The monoisotopic (exact) mass is 244 g/mol. The maximum atomic E-state index is 9.11. The van der Waals surface area contributed by atoms with Gasteiger partial charge in [0, 0.05) is 11.5 Å². The summed E-state index contributed by atoms with van der Waals surface area (Å²) in [6.45, 7) is 8.22. The average Bonchev–Trinajstić information content (AvgIpc) is 2.16. The summed E-state index contributed by atoms with van der Waals surface area (Å²) in [5, 5.41) is 9.11. The maximum absolute atomic E-state index is 9.11. The molecule has 72 valence electrons. The van der Waals surface area contributed by atoms with Crippen LogP contribution in [0.3, 0.4) is 0 Å². The predicted molar refractivity (Wildman–Crippen MR) is 56.4 cm³/mol. The number of rotatable bonds is 3. The van der Waals surface area contributed by atoms with Crippen molar-refractivity contribution in [2.75, 3.05) is 13.2 Å². The molecule has 1 unspecified atom stereocenters. The molecule has 1 heterocycles. The van der Waals surface area contributed by atoms with Crippen molar-refractivity contribution in [1.29, 1.82) is 0 Å². The highest BCUT2D eigenvalue weighted by Gasteiger charge is 2.22. The first-order chi connectivity index (χ1) is 6.20. The second kappa shape index (κ2) is 4.63. The number of hydrogen-bond acceptors (Lipinski definition) is 2. The topological polar surface area (TPSA) is 29.5 Å². The van der Waals surface area contributed by atoms with Crippen molar-refractivity contribution in [2.45, 2.75) is 6.42 Å². The van der Waals surface area contributed by atoms with Gasteiger partial charge in [0.05, 0.1) is 17.7 Å². The number of hydrogen-bond donors (Lipinski definition) is 1. The molecule has 0 aromatic heterocycles. The van der Waals surface area contributed by atoms with Gasteiger partial charge in [0.15, 0.2) is 0 Å². The van der Waals surface area contributed by atoms with Gasteiger partial charge in [0.25, 0.3) is 0 Å². The van der Waals surface area contributed by atoms with E-state index in [9.17, 15) is 0 Å². The molecular formula is C10H13BrO2. The Morgan fingerprint density at radius 3 is 2.92 bits per heavy atom. The second-order valence-corrected chi connectivity index (χ2v) is 3.87. The largest absolute Gasteiger partial charge is 0.492 e. The highest BCUT2D eigenvalue weighted by Crippen LogP contribution is 2.31. The van der Waals surface area contributed by atoms with Crippen molar-refractivity contribution in [3.8, 4) is 0 Å². The van der Waals surface area contributed by atoms with E-state index >= 15 is 0 Å². The van der Waals surface area contributed by atoms with E-state index in [0.29, 0.717) is 11.1 Å². The van der Waals surface area contributed by atoms with E-state index < -0.39 is 0 Å². The van der Waals surface area contributed by atoms with E-state index in [1.165, 1.54) is 0 Å². The maximum Gasteiger partial charge on any atom is 0.136 e. The summed E-state index contributed by atoms with van der Waals surface area (Å²) < 4.78 is 6.13. The first-order valence-electron chi connectivity index (χ1n) is 4.15. The lowest BCUT2D eigenvalue weighted by Gasteiger charge is -2.25. The molecule has 1 aliphatic heterocycles. The molecule has 0 aromatic rings. The first kappa shape index (κ1) is 10.5. The minimum Gasteiger partial charge on any atom is -0.492 e. The molecule has 3 heteroatoms. The van der Waals surface area contributed by atoms with Crippen LogP contribution in [0.1, 0.15) is 6.42 Å². The molecule has 0 aromatic carbocycles. The van der Waals surface area contributed by atoms with Gasteiger partial charge in [0.1, 0.15) is 5.76 Å². The van der Waals surface area contributed by atoms with Crippen LogP contribution in [0, 0.1) is 5.92 Å². The summed E-state index contributed by atoms with van der Waals surface area (Å²) >= 11 is 3.27. The molecule has 1 rings (SSSR count). The van der Waals surface area contributed by atoms with Crippen molar-refractivity contribution in [3.63, 3.8) is 0 Å². The minimum atomic E-state index is 0.133. The van der Waals surface area contributed by atoms with Gasteiger partial charge in [-0.25, -0.2) is 0 Å². The molecule has 0 fully saturated rings. The molecule has 0 amide bonds. The van der Waals surface area contributed by atoms with Crippen molar-refractivity contribution in [1.82, 2.24) is 0 Å². The van der Waals surface area contributed by atoms with Gasteiger partial charge in [-0.2, -0.15) is 0 Å². The van der Waals surface area contributed by atoms with Crippen LogP contribution in [-0.4, -0.2) is 18.3 Å². The van der Waals surface area contributed by atoms with Crippen LogP contribution < -0.4 is 0 Å². The van der Waals surface area contributed by atoms with Crippen molar-refractivity contribution >= 4 is 15.9 Å². The molecular weight excluding hydrogens is 232 g/mol. The molecule has 1 N–H and O–H groups in total. The number of allylic oxidation sites excluding steroid dienone is 2. The summed E-state index contributed by atoms with van der Waals surface area (Å²) in [6, 6.07) is 0. The van der Waals surface area contributed by atoms with Crippen LogP contribution in [0.2, 0.25) is 0 Å². The summed E-state index contributed by atoms with van der Waals surface area (Å²) in [4.78, 5) is 0. The zero-order valence-corrected chi connectivity index (χ0v) is 9.01. The summed E-state index contributed by atoms with van der Waals surface area (Å²) in [7, 11) is 0. The van der Waals surface area contributed by atoms with Crippen molar-refractivity contribution < 1.29 is 9.84 Å². The number of aliphatic hydroxyl groups excluding tert-OH is 1. The number of halogens is 1. The molecule has 1 atom stereocenters. The van der Waals surface area contributed by atoms with E-state index in [2.05, 4.69) is 29.1 Å². The Morgan fingerprint density at radius 1 is 1.77 bits per heavy atom. The third kappa shape index (κ3) is 2.23. The molecule has 2 nitrogen and oxygen atoms in total. The average molecular weight is 245 g/mol.